The van der Waals surface area contributed by atoms with Crippen LogP contribution in [0.3, 0.4) is 0 Å². The van der Waals surface area contributed by atoms with Crippen molar-refractivity contribution in [2.24, 2.45) is 5.11 Å². The van der Waals surface area contributed by atoms with Gasteiger partial charge in [0.25, 0.3) is 5.91 Å². The highest BCUT2D eigenvalue weighted by molar-refractivity contribution is 6.31. The van der Waals surface area contributed by atoms with Crippen LogP contribution in [0.5, 0.6) is 0 Å². The third-order valence-corrected chi connectivity index (χ3v) is 2.84. The van der Waals surface area contributed by atoms with Crippen LogP contribution in [0.15, 0.2) is 17.4 Å². The zero-order valence-electron chi connectivity index (χ0n) is 11.1. The zero-order chi connectivity index (χ0) is 14.3. The Morgan fingerprint density at radius 3 is 2.95 bits per heavy atom. The first-order valence-electron chi connectivity index (χ1n) is 6.22. The first kappa shape index (κ1) is 15.4. The molecule has 6 nitrogen and oxygen atoms in total. The van der Waals surface area contributed by atoms with Gasteiger partial charge in [-0.2, -0.15) is 0 Å². The van der Waals surface area contributed by atoms with Crippen molar-refractivity contribution < 1.29 is 4.79 Å². The lowest BCUT2D eigenvalue weighted by atomic mass is 10.3. The summed E-state index contributed by atoms with van der Waals surface area (Å²) in [6.45, 7) is 5.00. The number of rotatable bonds is 7. The molecule has 1 aromatic heterocycles. The lowest BCUT2D eigenvalue weighted by Crippen LogP contribution is -2.27. The van der Waals surface area contributed by atoms with Crippen molar-refractivity contribution in [3.8, 4) is 0 Å². The topological polar surface area (TPSA) is 82.8 Å². The number of carbonyl (C=O) groups excluding carboxylic acids is 1. The number of amides is 1. The molecule has 0 aromatic carbocycles. The number of unbranched alkanes of at least 4 members (excludes halogenated alkanes) is 1. The fraction of sp³-hybridized carbons (Fsp3) is 0.583. The molecular formula is C12H18ClN5O. The second kappa shape index (κ2) is 7.71. The average Bonchev–Trinajstić information content (AvgIpc) is 2.76. The second-order valence-electron chi connectivity index (χ2n) is 4.46. The third-order valence-electron chi connectivity index (χ3n) is 2.64. The molecule has 0 spiro atoms. The van der Waals surface area contributed by atoms with Gasteiger partial charge in [0.1, 0.15) is 5.69 Å². The van der Waals surface area contributed by atoms with Crippen LogP contribution >= 0.6 is 11.6 Å². The smallest absolute Gasteiger partial charge is 0.267 e. The SMILES string of the molecule is CC(C)n1cc(Cl)cc1C(=O)NCCCCN=[N+]=[N-]. The molecule has 0 bridgehead atoms. The molecule has 0 atom stereocenters. The second-order valence-corrected chi connectivity index (χ2v) is 4.90. The largest absolute Gasteiger partial charge is 0.351 e. The van der Waals surface area contributed by atoms with Gasteiger partial charge in [0, 0.05) is 30.2 Å². The fourth-order valence-electron chi connectivity index (χ4n) is 1.70. The Morgan fingerprint density at radius 2 is 2.32 bits per heavy atom. The highest BCUT2D eigenvalue weighted by Gasteiger charge is 2.14. The summed E-state index contributed by atoms with van der Waals surface area (Å²) in [6.07, 6.45) is 3.29. The molecule has 0 radical (unpaired) electrons. The van der Waals surface area contributed by atoms with Crippen molar-refractivity contribution in [2.75, 3.05) is 13.1 Å². The van der Waals surface area contributed by atoms with Gasteiger partial charge in [0.15, 0.2) is 0 Å². The highest BCUT2D eigenvalue weighted by Crippen LogP contribution is 2.18. The summed E-state index contributed by atoms with van der Waals surface area (Å²) in [7, 11) is 0. The van der Waals surface area contributed by atoms with E-state index < -0.39 is 0 Å². The van der Waals surface area contributed by atoms with Gasteiger partial charge >= 0.3 is 0 Å². The van der Waals surface area contributed by atoms with E-state index in [1.165, 1.54) is 0 Å². The molecule has 7 heteroatoms. The van der Waals surface area contributed by atoms with Crippen LogP contribution in [0.25, 0.3) is 10.4 Å². The minimum atomic E-state index is -0.135. The summed E-state index contributed by atoms with van der Waals surface area (Å²) >= 11 is 5.92. The van der Waals surface area contributed by atoms with Gasteiger partial charge in [-0.25, -0.2) is 0 Å². The van der Waals surface area contributed by atoms with E-state index in [2.05, 4.69) is 15.3 Å². The zero-order valence-corrected chi connectivity index (χ0v) is 11.9. The number of nitrogens with one attached hydrogen (secondary N) is 1. The number of hydrogen-bond donors (Lipinski definition) is 1. The predicted molar refractivity (Wildman–Crippen MR) is 75.4 cm³/mol. The minimum Gasteiger partial charge on any atom is -0.351 e. The molecule has 0 aliphatic heterocycles. The summed E-state index contributed by atoms with van der Waals surface area (Å²) < 4.78 is 1.84. The van der Waals surface area contributed by atoms with E-state index in [1.807, 2.05) is 18.4 Å². The molecule has 0 aliphatic carbocycles. The van der Waals surface area contributed by atoms with E-state index >= 15 is 0 Å². The molecule has 19 heavy (non-hydrogen) atoms. The van der Waals surface area contributed by atoms with Gasteiger partial charge in [0.2, 0.25) is 0 Å². The normalized spacial score (nSPS) is 10.3. The van der Waals surface area contributed by atoms with E-state index in [0.717, 1.165) is 12.8 Å². The van der Waals surface area contributed by atoms with Crippen molar-refractivity contribution in [2.45, 2.75) is 32.7 Å². The average molecular weight is 284 g/mol. The van der Waals surface area contributed by atoms with Crippen LogP contribution in [0.2, 0.25) is 5.02 Å². The lowest BCUT2D eigenvalue weighted by Gasteiger charge is -2.12. The van der Waals surface area contributed by atoms with Crippen molar-refractivity contribution in [3.05, 3.63) is 33.4 Å². The van der Waals surface area contributed by atoms with E-state index in [1.54, 1.807) is 12.3 Å². The first-order chi connectivity index (χ1) is 9.06. The maximum absolute atomic E-state index is 12.0. The van der Waals surface area contributed by atoms with Gasteiger partial charge in [0.05, 0.1) is 5.02 Å². The molecule has 0 saturated carbocycles. The number of nitrogens with zero attached hydrogens (tertiary/aromatic N) is 4. The Bertz CT molecular complexity index is 476. The lowest BCUT2D eigenvalue weighted by molar-refractivity contribution is 0.0942. The predicted octanol–water partition coefficient (Wildman–Crippen LogP) is 3.54. The van der Waals surface area contributed by atoms with Crippen molar-refractivity contribution >= 4 is 17.5 Å². The van der Waals surface area contributed by atoms with Crippen LogP contribution < -0.4 is 5.32 Å². The Balaban J connectivity index is 2.47. The van der Waals surface area contributed by atoms with Crippen LogP contribution in [0.1, 0.15) is 43.2 Å². The third kappa shape index (κ3) is 4.85. The number of hydrogen-bond acceptors (Lipinski definition) is 2. The molecule has 104 valence electrons. The summed E-state index contributed by atoms with van der Waals surface area (Å²) in [4.78, 5) is 14.7. The van der Waals surface area contributed by atoms with Crippen molar-refractivity contribution in [1.82, 2.24) is 9.88 Å². The van der Waals surface area contributed by atoms with Crippen molar-refractivity contribution in [1.29, 1.82) is 0 Å². The van der Waals surface area contributed by atoms with E-state index in [-0.39, 0.29) is 11.9 Å². The Morgan fingerprint density at radius 1 is 1.58 bits per heavy atom. The standard InChI is InChI=1S/C12H18ClN5O/c1-9(2)18-8-10(13)7-11(18)12(19)15-5-3-4-6-16-17-14/h7-9H,3-6H2,1-2H3,(H,15,19). The number of aromatic nitrogens is 1. The van der Waals surface area contributed by atoms with Crippen LogP contribution in [0, 0.1) is 0 Å². The Kier molecular flexibility index (Phi) is 6.25. The molecule has 1 amide bonds. The van der Waals surface area contributed by atoms with Crippen LogP contribution in [-0.4, -0.2) is 23.6 Å². The Hall–Kier alpha value is -1.65. The summed E-state index contributed by atoms with van der Waals surface area (Å²) in [6, 6.07) is 1.84. The number of carbonyl (C=O) groups is 1. The van der Waals surface area contributed by atoms with E-state index in [9.17, 15) is 4.79 Å². The molecule has 1 heterocycles. The number of halogens is 1. The summed E-state index contributed by atoms with van der Waals surface area (Å²) in [5, 5.41) is 6.82. The maximum Gasteiger partial charge on any atom is 0.267 e. The van der Waals surface area contributed by atoms with Gasteiger partial charge in [-0.15, -0.1) is 0 Å². The molecule has 1 aromatic rings. The molecular weight excluding hydrogens is 266 g/mol. The summed E-state index contributed by atoms with van der Waals surface area (Å²) in [5.41, 5.74) is 8.68. The minimum absolute atomic E-state index is 0.135. The van der Waals surface area contributed by atoms with Crippen molar-refractivity contribution in [3.63, 3.8) is 0 Å². The van der Waals surface area contributed by atoms with Crippen LogP contribution in [0.4, 0.5) is 0 Å². The summed E-state index contributed by atoms with van der Waals surface area (Å²) in [5.74, 6) is -0.135. The quantitative estimate of drug-likeness (QED) is 0.353. The molecule has 0 fully saturated rings. The Labute approximate surface area is 117 Å². The van der Waals surface area contributed by atoms with Gasteiger partial charge in [-0.3, -0.25) is 4.79 Å². The number of azide groups is 1. The molecule has 1 N–H and O–H groups in total. The molecule has 0 unspecified atom stereocenters. The van der Waals surface area contributed by atoms with Gasteiger partial charge < -0.3 is 9.88 Å². The van der Waals surface area contributed by atoms with Gasteiger partial charge in [-0.1, -0.05) is 16.7 Å². The first-order valence-corrected chi connectivity index (χ1v) is 6.60. The van der Waals surface area contributed by atoms with Crippen LogP contribution in [-0.2, 0) is 0 Å². The van der Waals surface area contributed by atoms with E-state index in [4.69, 9.17) is 17.1 Å². The van der Waals surface area contributed by atoms with E-state index in [0.29, 0.717) is 23.8 Å². The molecule has 0 saturated heterocycles. The highest BCUT2D eigenvalue weighted by atomic mass is 35.5. The molecule has 1 rings (SSSR count). The van der Waals surface area contributed by atoms with Gasteiger partial charge in [-0.05, 0) is 38.3 Å². The monoisotopic (exact) mass is 283 g/mol. The maximum atomic E-state index is 12.0. The molecule has 0 aliphatic rings. The fourth-order valence-corrected chi connectivity index (χ4v) is 1.91.